The number of rotatable bonds is 4. The second-order valence-electron chi connectivity index (χ2n) is 8.40. The van der Waals surface area contributed by atoms with Crippen molar-refractivity contribution in [1.82, 2.24) is 4.31 Å². The molecule has 0 saturated carbocycles. The Morgan fingerprint density at radius 1 is 1.09 bits per heavy atom. The van der Waals surface area contributed by atoms with Crippen LogP contribution in [0.5, 0.6) is 0 Å². The first-order valence-corrected chi connectivity index (χ1v) is 12.2. The highest BCUT2D eigenvalue weighted by atomic mass is 32.2. The smallest absolute Gasteiger partial charge is 0.243 e. The van der Waals surface area contributed by atoms with E-state index in [0.717, 1.165) is 34.5 Å². The number of hydrogen-bond donors (Lipinski definition) is 2. The zero-order chi connectivity index (χ0) is 23.2. The molecule has 3 atom stereocenters. The van der Waals surface area contributed by atoms with Gasteiger partial charge in [0.05, 0.1) is 35.2 Å². The van der Waals surface area contributed by atoms with Crippen LogP contribution in [0, 0.1) is 23.1 Å². The number of fused-ring (bicyclic) bond motifs is 3. The van der Waals surface area contributed by atoms with Crippen molar-refractivity contribution in [1.29, 1.82) is 5.26 Å². The van der Waals surface area contributed by atoms with Gasteiger partial charge in [-0.1, -0.05) is 18.2 Å². The molecule has 3 aromatic carbocycles. The van der Waals surface area contributed by atoms with Crippen LogP contribution in [0.1, 0.15) is 23.6 Å². The molecule has 0 aromatic heterocycles. The van der Waals surface area contributed by atoms with Crippen LogP contribution in [0.25, 0.3) is 11.1 Å². The maximum atomic E-state index is 13.5. The lowest BCUT2D eigenvalue weighted by Crippen LogP contribution is -2.42. The van der Waals surface area contributed by atoms with Crippen molar-refractivity contribution in [2.75, 3.05) is 18.5 Å². The Morgan fingerprint density at radius 3 is 2.58 bits per heavy atom. The van der Waals surface area contributed by atoms with Gasteiger partial charge in [-0.2, -0.15) is 9.57 Å². The number of aliphatic hydroxyl groups is 1. The molecule has 2 aliphatic heterocycles. The summed E-state index contributed by atoms with van der Waals surface area (Å²) in [4.78, 5) is 0.0445. The molecule has 1 fully saturated rings. The van der Waals surface area contributed by atoms with Gasteiger partial charge in [0, 0.05) is 18.2 Å². The molecule has 0 unspecified atom stereocenters. The van der Waals surface area contributed by atoms with Gasteiger partial charge in [0.25, 0.3) is 0 Å². The Morgan fingerprint density at radius 2 is 1.85 bits per heavy atom. The molecule has 5 rings (SSSR count). The van der Waals surface area contributed by atoms with Gasteiger partial charge in [-0.15, -0.1) is 0 Å². The van der Waals surface area contributed by atoms with Crippen LogP contribution in [0.2, 0.25) is 0 Å². The first-order valence-electron chi connectivity index (χ1n) is 10.7. The molecule has 2 aliphatic rings. The highest BCUT2D eigenvalue weighted by molar-refractivity contribution is 7.89. The van der Waals surface area contributed by atoms with Gasteiger partial charge in [0.1, 0.15) is 5.82 Å². The number of nitrogens with zero attached hydrogens (tertiary/aromatic N) is 2. The maximum absolute atomic E-state index is 13.5. The van der Waals surface area contributed by atoms with Gasteiger partial charge in [0.2, 0.25) is 10.0 Å². The van der Waals surface area contributed by atoms with Crippen molar-refractivity contribution in [3.05, 3.63) is 83.7 Å². The average Bonchev–Trinajstić information content (AvgIpc) is 3.30. The van der Waals surface area contributed by atoms with Crippen molar-refractivity contribution >= 4 is 15.7 Å². The molecular weight excluding hydrogens is 441 g/mol. The molecule has 2 N–H and O–H groups in total. The van der Waals surface area contributed by atoms with E-state index in [9.17, 15) is 23.2 Å². The van der Waals surface area contributed by atoms with Crippen LogP contribution < -0.4 is 5.32 Å². The predicted octanol–water partition coefficient (Wildman–Crippen LogP) is 3.90. The average molecular weight is 464 g/mol. The van der Waals surface area contributed by atoms with E-state index < -0.39 is 21.9 Å². The molecule has 1 saturated heterocycles. The van der Waals surface area contributed by atoms with Gasteiger partial charge in [-0.3, -0.25) is 0 Å². The van der Waals surface area contributed by atoms with Crippen molar-refractivity contribution in [3.63, 3.8) is 0 Å². The van der Waals surface area contributed by atoms with Gasteiger partial charge in [-0.05, 0) is 71.6 Å². The van der Waals surface area contributed by atoms with Crippen LogP contribution in [-0.4, -0.2) is 37.0 Å². The molecule has 33 heavy (non-hydrogen) atoms. The predicted molar refractivity (Wildman–Crippen MR) is 122 cm³/mol. The number of sulfonamides is 1. The topological polar surface area (TPSA) is 93.4 Å². The zero-order valence-corrected chi connectivity index (χ0v) is 18.5. The highest BCUT2D eigenvalue weighted by Gasteiger charge is 2.48. The summed E-state index contributed by atoms with van der Waals surface area (Å²) in [5, 5.41) is 22.6. The fraction of sp³-hybridized carbons (Fsp3) is 0.240. The number of aliphatic hydroxyl groups excluding tert-OH is 1. The molecule has 2 heterocycles. The molecule has 0 aliphatic carbocycles. The van der Waals surface area contributed by atoms with Crippen LogP contribution in [0.15, 0.2) is 71.6 Å². The van der Waals surface area contributed by atoms with E-state index >= 15 is 0 Å². The van der Waals surface area contributed by atoms with Gasteiger partial charge >= 0.3 is 0 Å². The molecule has 0 spiro atoms. The van der Waals surface area contributed by atoms with Crippen LogP contribution in [0.4, 0.5) is 10.1 Å². The molecule has 6 nitrogen and oxygen atoms in total. The Hall–Kier alpha value is -3.25. The van der Waals surface area contributed by atoms with Gasteiger partial charge in [-0.25, -0.2) is 12.8 Å². The van der Waals surface area contributed by atoms with Crippen LogP contribution in [0.3, 0.4) is 0 Å². The van der Waals surface area contributed by atoms with E-state index in [1.54, 1.807) is 12.1 Å². The fourth-order valence-electron chi connectivity index (χ4n) is 4.98. The number of nitrogens with one attached hydrogen (secondary N) is 1. The van der Waals surface area contributed by atoms with Crippen LogP contribution >= 0.6 is 0 Å². The minimum atomic E-state index is -3.87. The first kappa shape index (κ1) is 21.6. The van der Waals surface area contributed by atoms with E-state index in [0.29, 0.717) is 18.5 Å². The quantitative estimate of drug-likeness (QED) is 0.612. The van der Waals surface area contributed by atoms with Crippen molar-refractivity contribution in [2.24, 2.45) is 5.92 Å². The van der Waals surface area contributed by atoms with Gasteiger partial charge < -0.3 is 10.4 Å². The third-order valence-electron chi connectivity index (χ3n) is 6.57. The van der Waals surface area contributed by atoms with Crippen molar-refractivity contribution < 1.29 is 17.9 Å². The lowest BCUT2D eigenvalue weighted by Gasteiger charge is -2.39. The SMILES string of the molecule is N#Cc1cccc(-c2ccc3c(c2)[C@H]2[C@H](CCN2S(=O)(=O)c2ccc(F)cc2)[C@H](CO)N3)c1. The number of nitriles is 1. The van der Waals surface area contributed by atoms with Crippen molar-refractivity contribution in [2.45, 2.75) is 23.4 Å². The second-order valence-corrected chi connectivity index (χ2v) is 10.3. The Bertz CT molecular complexity index is 1350. The third-order valence-corrected chi connectivity index (χ3v) is 8.46. The number of hydrogen-bond acceptors (Lipinski definition) is 5. The normalized spacial score (nSPS) is 22.2. The fourth-order valence-corrected chi connectivity index (χ4v) is 6.65. The highest BCUT2D eigenvalue weighted by Crippen LogP contribution is 2.49. The largest absolute Gasteiger partial charge is 0.394 e. The summed E-state index contributed by atoms with van der Waals surface area (Å²) in [5.41, 5.74) is 3.89. The number of anilines is 1. The summed E-state index contributed by atoms with van der Waals surface area (Å²) in [7, 11) is -3.87. The van der Waals surface area contributed by atoms with E-state index in [-0.39, 0.29) is 23.5 Å². The Balaban J connectivity index is 1.61. The molecule has 0 amide bonds. The van der Waals surface area contributed by atoms with Gasteiger partial charge in [0.15, 0.2) is 0 Å². The number of benzene rings is 3. The Kier molecular flexibility index (Phi) is 5.41. The summed E-state index contributed by atoms with van der Waals surface area (Å²) in [6.45, 7) is 0.192. The number of halogens is 1. The molecule has 0 radical (unpaired) electrons. The summed E-state index contributed by atoms with van der Waals surface area (Å²) >= 11 is 0. The monoisotopic (exact) mass is 463 g/mol. The lowest BCUT2D eigenvalue weighted by atomic mass is 9.82. The molecule has 0 bridgehead atoms. The minimum absolute atomic E-state index is 0.0445. The summed E-state index contributed by atoms with van der Waals surface area (Å²) in [6, 6.07) is 19.3. The van der Waals surface area contributed by atoms with E-state index in [1.165, 1.54) is 16.4 Å². The Labute approximate surface area is 192 Å². The zero-order valence-electron chi connectivity index (χ0n) is 17.6. The van der Waals surface area contributed by atoms with E-state index in [2.05, 4.69) is 11.4 Å². The first-order chi connectivity index (χ1) is 15.9. The summed E-state index contributed by atoms with van der Waals surface area (Å²) in [6.07, 6.45) is 0.594. The summed E-state index contributed by atoms with van der Waals surface area (Å²) in [5.74, 6) is -0.608. The summed E-state index contributed by atoms with van der Waals surface area (Å²) < 4.78 is 41.9. The minimum Gasteiger partial charge on any atom is -0.394 e. The molecule has 168 valence electrons. The lowest BCUT2D eigenvalue weighted by molar-refractivity contribution is 0.210. The van der Waals surface area contributed by atoms with Crippen LogP contribution in [-0.2, 0) is 10.0 Å². The maximum Gasteiger partial charge on any atom is 0.243 e. The molecule has 3 aromatic rings. The van der Waals surface area contributed by atoms with E-state index in [1.807, 2.05) is 30.3 Å². The molecule has 8 heteroatoms. The third kappa shape index (κ3) is 3.68. The molecular formula is C25H22FN3O3S. The standard InChI is InChI=1S/C25H22FN3O3S/c26-19-5-7-20(8-6-19)33(31,32)29-11-10-21-24(15-30)28-23-9-4-18(13-22(23)25(21)29)17-3-1-2-16(12-17)14-27/h1-9,12-13,21,24-25,28,30H,10-11,15H2/t21-,24+,25-/m1/s1. The second kappa shape index (κ2) is 8.27. The van der Waals surface area contributed by atoms with E-state index in [4.69, 9.17) is 0 Å². The van der Waals surface area contributed by atoms with Crippen molar-refractivity contribution in [3.8, 4) is 17.2 Å².